The molecule has 0 saturated carbocycles. The fourth-order valence-electron chi connectivity index (χ4n) is 1.58. The molecule has 0 amide bonds. The van der Waals surface area contributed by atoms with E-state index in [-0.39, 0.29) is 5.54 Å². The average Bonchev–Trinajstić information content (AvgIpc) is 2.23. The summed E-state index contributed by atoms with van der Waals surface area (Å²) >= 11 is 5.96. The van der Waals surface area contributed by atoms with E-state index in [1.807, 2.05) is 32.0 Å². The van der Waals surface area contributed by atoms with Gasteiger partial charge in [-0.1, -0.05) is 11.6 Å². The summed E-state index contributed by atoms with van der Waals surface area (Å²) in [6.45, 7) is 5.65. The van der Waals surface area contributed by atoms with E-state index in [0.717, 1.165) is 35.8 Å². The molecule has 0 radical (unpaired) electrons. The Labute approximate surface area is 108 Å². The predicted octanol–water partition coefficient (Wildman–Crippen LogP) is 2.22. The molecule has 17 heavy (non-hydrogen) atoms. The van der Waals surface area contributed by atoms with Crippen molar-refractivity contribution in [1.82, 2.24) is 5.32 Å². The van der Waals surface area contributed by atoms with Crippen LogP contribution in [0.2, 0.25) is 5.02 Å². The Morgan fingerprint density at radius 3 is 2.71 bits per heavy atom. The molecule has 0 saturated heterocycles. The lowest BCUT2D eigenvalue weighted by Gasteiger charge is -2.19. The third-order valence-electron chi connectivity index (χ3n) is 2.39. The molecule has 1 aromatic carbocycles. The van der Waals surface area contributed by atoms with Crippen molar-refractivity contribution in [2.75, 3.05) is 20.2 Å². The van der Waals surface area contributed by atoms with E-state index in [0.29, 0.717) is 0 Å². The van der Waals surface area contributed by atoms with Crippen LogP contribution >= 0.6 is 11.6 Å². The highest BCUT2D eigenvalue weighted by molar-refractivity contribution is 6.30. The smallest absolute Gasteiger partial charge is 0.122 e. The van der Waals surface area contributed by atoms with Gasteiger partial charge in [0.15, 0.2) is 0 Å². The Hall–Kier alpha value is -0.770. The minimum atomic E-state index is -0.182. The molecule has 1 aromatic rings. The number of benzene rings is 1. The molecule has 0 aliphatic rings. The lowest BCUT2D eigenvalue weighted by molar-refractivity contribution is 0.408. The van der Waals surface area contributed by atoms with Crippen molar-refractivity contribution < 1.29 is 4.74 Å². The van der Waals surface area contributed by atoms with Crippen LogP contribution in [0.5, 0.6) is 5.75 Å². The Kier molecular flexibility index (Phi) is 5.25. The van der Waals surface area contributed by atoms with Gasteiger partial charge >= 0.3 is 0 Å². The van der Waals surface area contributed by atoms with Gasteiger partial charge in [0.25, 0.3) is 0 Å². The number of halogens is 1. The molecule has 0 bridgehead atoms. The molecule has 0 aliphatic heterocycles. The van der Waals surface area contributed by atoms with Gasteiger partial charge < -0.3 is 15.8 Å². The van der Waals surface area contributed by atoms with E-state index in [4.69, 9.17) is 22.1 Å². The normalized spacial score (nSPS) is 11.6. The zero-order chi connectivity index (χ0) is 12.9. The van der Waals surface area contributed by atoms with Crippen molar-refractivity contribution >= 4 is 11.6 Å². The zero-order valence-electron chi connectivity index (χ0n) is 10.7. The van der Waals surface area contributed by atoms with Gasteiger partial charge in [0.1, 0.15) is 5.75 Å². The number of rotatable bonds is 6. The summed E-state index contributed by atoms with van der Waals surface area (Å²) < 4.78 is 5.29. The van der Waals surface area contributed by atoms with E-state index >= 15 is 0 Å². The minimum absolute atomic E-state index is 0.182. The van der Waals surface area contributed by atoms with E-state index in [1.54, 1.807) is 7.11 Å². The van der Waals surface area contributed by atoms with Crippen LogP contribution in [0.4, 0.5) is 0 Å². The van der Waals surface area contributed by atoms with Crippen molar-refractivity contribution in [3.8, 4) is 5.75 Å². The quantitative estimate of drug-likeness (QED) is 0.768. The van der Waals surface area contributed by atoms with Gasteiger partial charge in [-0.05, 0) is 50.6 Å². The maximum Gasteiger partial charge on any atom is 0.122 e. The fourth-order valence-corrected chi connectivity index (χ4v) is 1.77. The van der Waals surface area contributed by atoms with Crippen LogP contribution < -0.4 is 15.8 Å². The second kappa shape index (κ2) is 6.24. The van der Waals surface area contributed by atoms with Crippen LogP contribution in [0.3, 0.4) is 0 Å². The SMILES string of the molecule is COc1ccc(Cl)cc1CCNCC(C)(C)N. The Bertz CT molecular complexity index is 361. The summed E-state index contributed by atoms with van der Waals surface area (Å²) in [6, 6.07) is 5.67. The van der Waals surface area contributed by atoms with E-state index in [2.05, 4.69) is 5.32 Å². The van der Waals surface area contributed by atoms with E-state index in [9.17, 15) is 0 Å². The summed E-state index contributed by atoms with van der Waals surface area (Å²) in [5.74, 6) is 0.878. The van der Waals surface area contributed by atoms with Gasteiger partial charge in [-0.2, -0.15) is 0 Å². The first-order valence-corrected chi connectivity index (χ1v) is 6.12. The Balaban J connectivity index is 2.48. The maximum atomic E-state index is 5.96. The van der Waals surface area contributed by atoms with Crippen molar-refractivity contribution in [3.05, 3.63) is 28.8 Å². The van der Waals surface area contributed by atoms with Crippen molar-refractivity contribution in [2.45, 2.75) is 25.8 Å². The number of hydrogen-bond acceptors (Lipinski definition) is 3. The Morgan fingerprint density at radius 2 is 2.12 bits per heavy atom. The highest BCUT2D eigenvalue weighted by Crippen LogP contribution is 2.22. The van der Waals surface area contributed by atoms with Crippen LogP contribution in [0.15, 0.2) is 18.2 Å². The number of nitrogens with one attached hydrogen (secondary N) is 1. The van der Waals surface area contributed by atoms with Gasteiger partial charge in [0.2, 0.25) is 0 Å². The molecule has 0 fully saturated rings. The first-order chi connectivity index (χ1) is 7.92. The second-order valence-electron chi connectivity index (χ2n) is 4.87. The highest BCUT2D eigenvalue weighted by Gasteiger charge is 2.09. The number of hydrogen-bond donors (Lipinski definition) is 2. The second-order valence-corrected chi connectivity index (χ2v) is 5.31. The largest absolute Gasteiger partial charge is 0.496 e. The lowest BCUT2D eigenvalue weighted by Crippen LogP contribution is -2.43. The van der Waals surface area contributed by atoms with Gasteiger partial charge in [-0.15, -0.1) is 0 Å². The molecule has 96 valence electrons. The highest BCUT2D eigenvalue weighted by atomic mass is 35.5. The standard InChI is InChI=1S/C13H21ClN2O/c1-13(2,15)9-16-7-6-10-8-11(14)4-5-12(10)17-3/h4-5,8,16H,6-7,9,15H2,1-3H3. The van der Waals surface area contributed by atoms with E-state index < -0.39 is 0 Å². The third-order valence-corrected chi connectivity index (χ3v) is 2.63. The van der Waals surface area contributed by atoms with E-state index in [1.165, 1.54) is 0 Å². The molecular weight excluding hydrogens is 236 g/mol. The van der Waals surface area contributed by atoms with Gasteiger partial charge in [-0.25, -0.2) is 0 Å². The van der Waals surface area contributed by atoms with Gasteiger partial charge in [-0.3, -0.25) is 0 Å². The summed E-state index contributed by atoms with van der Waals surface area (Å²) in [5.41, 5.74) is 6.82. The van der Waals surface area contributed by atoms with Crippen LogP contribution in [-0.4, -0.2) is 25.7 Å². The maximum absolute atomic E-state index is 5.96. The summed E-state index contributed by atoms with van der Waals surface area (Å²) in [4.78, 5) is 0. The van der Waals surface area contributed by atoms with Gasteiger partial charge in [0, 0.05) is 17.1 Å². The van der Waals surface area contributed by atoms with Crippen molar-refractivity contribution in [1.29, 1.82) is 0 Å². The van der Waals surface area contributed by atoms with Crippen LogP contribution in [0, 0.1) is 0 Å². The van der Waals surface area contributed by atoms with Crippen LogP contribution in [-0.2, 0) is 6.42 Å². The molecule has 0 atom stereocenters. The monoisotopic (exact) mass is 256 g/mol. The number of methoxy groups -OCH3 is 1. The first kappa shape index (κ1) is 14.3. The Morgan fingerprint density at radius 1 is 1.41 bits per heavy atom. The summed E-state index contributed by atoms with van der Waals surface area (Å²) in [6.07, 6.45) is 0.875. The molecule has 1 rings (SSSR count). The number of ether oxygens (including phenoxy) is 1. The van der Waals surface area contributed by atoms with Crippen LogP contribution in [0.1, 0.15) is 19.4 Å². The molecule has 3 N–H and O–H groups in total. The molecule has 4 heteroatoms. The zero-order valence-corrected chi connectivity index (χ0v) is 11.5. The predicted molar refractivity (Wildman–Crippen MR) is 72.8 cm³/mol. The topological polar surface area (TPSA) is 47.3 Å². The van der Waals surface area contributed by atoms with Crippen molar-refractivity contribution in [2.24, 2.45) is 5.73 Å². The fraction of sp³-hybridized carbons (Fsp3) is 0.538. The summed E-state index contributed by atoms with van der Waals surface area (Å²) in [5, 5.41) is 4.06. The molecule has 0 aromatic heterocycles. The number of nitrogens with two attached hydrogens (primary N) is 1. The molecular formula is C13H21ClN2O. The minimum Gasteiger partial charge on any atom is -0.496 e. The molecule has 0 unspecified atom stereocenters. The molecule has 0 aliphatic carbocycles. The first-order valence-electron chi connectivity index (χ1n) is 5.74. The summed E-state index contributed by atoms with van der Waals surface area (Å²) in [7, 11) is 1.67. The van der Waals surface area contributed by atoms with Crippen LogP contribution in [0.25, 0.3) is 0 Å². The molecule has 3 nitrogen and oxygen atoms in total. The molecule has 0 heterocycles. The average molecular weight is 257 g/mol. The molecule has 0 spiro atoms. The van der Waals surface area contributed by atoms with Gasteiger partial charge in [0.05, 0.1) is 7.11 Å². The third kappa shape index (κ3) is 5.39. The van der Waals surface area contributed by atoms with Crippen molar-refractivity contribution in [3.63, 3.8) is 0 Å². The lowest BCUT2D eigenvalue weighted by atomic mass is 10.1.